The molecule has 1 aromatic carbocycles. The quantitative estimate of drug-likeness (QED) is 0.902. The van der Waals surface area contributed by atoms with Crippen LogP contribution in [0.3, 0.4) is 0 Å². The Morgan fingerprint density at radius 3 is 2.27 bits per heavy atom. The highest BCUT2D eigenvalue weighted by atomic mass is 16.2. The summed E-state index contributed by atoms with van der Waals surface area (Å²) in [6, 6.07) is 10.7. The van der Waals surface area contributed by atoms with Crippen molar-refractivity contribution in [3.8, 4) is 0 Å². The molecule has 2 unspecified atom stereocenters. The Morgan fingerprint density at radius 1 is 0.885 bits per heavy atom. The van der Waals surface area contributed by atoms with E-state index in [-0.39, 0.29) is 23.7 Å². The Labute approximate surface area is 155 Å². The summed E-state index contributed by atoms with van der Waals surface area (Å²) >= 11 is 0. The third-order valence-corrected chi connectivity index (χ3v) is 6.11. The summed E-state index contributed by atoms with van der Waals surface area (Å²) < 4.78 is 0. The van der Waals surface area contributed by atoms with Crippen LogP contribution in [0, 0.1) is 11.8 Å². The minimum atomic E-state index is -0.0865. The molecule has 4 rings (SSSR count). The standard InChI is InChI=1S/C21H29N3O2/c25-20(22-16-7-3-1-4-8-16)18-15-19(18)21(26)24-13-11-23(12-14-24)17-9-5-2-6-10-17/h2,5-6,9-10,16,18-19H,1,3-4,7-8,11-15H2,(H,22,25). The van der Waals surface area contributed by atoms with Crippen LogP contribution in [0.1, 0.15) is 38.5 Å². The fourth-order valence-electron chi connectivity index (χ4n) is 4.37. The molecule has 5 heteroatoms. The normalized spacial score (nSPS) is 26.5. The largest absolute Gasteiger partial charge is 0.368 e. The van der Waals surface area contributed by atoms with Crippen molar-refractivity contribution >= 4 is 17.5 Å². The Balaban J connectivity index is 1.24. The molecule has 2 saturated carbocycles. The second-order valence-electron chi connectivity index (χ2n) is 7.94. The highest BCUT2D eigenvalue weighted by Crippen LogP contribution is 2.40. The van der Waals surface area contributed by atoms with E-state index in [1.807, 2.05) is 23.1 Å². The molecule has 140 valence electrons. The predicted octanol–water partition coefficient (Wildman–Crippen LogP) is 2.42. The van der Waals surface area contributed by atoms with Crippen molar-refractivity contribution in [3.05, 3.63) is 30.3 Å². The highest BCUT2D eigenvalue weighted by molar-refractivity contribution is 5.92. The summed E-state index contributed by atoms with van der Waals surface area (Å²) in [7, 11) is 0. The monoisotopic (exact) mass is 355 g/mol. The van der Waals surface area contributed by atoms with E-state index in [0.29, 0.717) is 6.04 Å². The summed E-state index contributed by atoms with van der Waals surface area (Å²) in [5.41, 5.74) is 1.22. The molecule has 1 aliphatic heterocycles. The number of nitrogens with one attached hydrogen (secondary N) is 1. The second kappa shape index (κ2) is 7.68. The molecule has 3 aliphatic rings. The van der Waals surface area contributed by atoms with E-state index >= 15 is 0 Å². The van der Waals surface area contributed by atoms with Crippen molar-refractivity contribution in [1.29, 1.82) is 0 Å². The lowest BCUT2D eigenvalue weighted by Crippen LogP contribution is -2.49. The SMILES string of the molecule is O=C(NC1CCCCC1)C1CC1C(=O)N1CCN(c2ccccc2)CC1. The molecule has 0 aromatic heterocycles. The Hall–Kier alpha value is -2.04. The van der Waals surface area contributed by atoms with Gasteiger partial charge in [-0.3, -0.25) is 9.59 Å². The van der Waals surface area contributed by atoms with E-state index in [1.54, 1.807) is 0 Å². The molecule has 1 N–H and O–H groups in total. The van der Waals surface area contributed by atoms with Gasteiger partial charge in [-0.05, 0) is 31.4 Å². The molecule has 2 amide bonds. The van der Waals surface area contributed by atoms with Gasteiger partial charge in [0.1, 0.15) is 0 Å². The number of carbonyl (C=O) groups excluding carboxylic acids is 2. The van der Waals surface area contributed by atoms with Crippen LogP contribution in [0.5, 0.6) is 0 Å². The van der Waals surface area contributed by atoms with E-state index in [9.17, 15) is 9.59 Å². The molecule has 1 aromatic rings. The number of benzene rings is 1. The van der Waals surface area contributed by atoms with E-state index in [0.717, 1.165) is 45.4 Å². The number of anilines is 1. The first kappa shape index (κ1) is 17.4. The van der Waals surface area contributed by atoms with Crippen LogP contribution in [0.25, 0.3) is 0 Å². The zero-order valence-corrected chi connectivity index (χ0v) is 15.4. The first-order valence-electron chi connectivity index (χ1n) is 10.1. The first-order valence-corrected chi connectivity index (χ1v) is 10.1. The maximum atomic E-state index is 12.7. The fraction of sp³-hybridized carbons (Fsp3) is 0.619. The number of hydrogen-bond donors (Lipinski definition) is 1. The van der Waals surface area contributed by atoms with Crippen LogP contribution < -0.4 is 10.2 Å². The minimum absolute atomic E-state index is 0.0816. The average Bonchev–Trinajstić information content (AvgIpc) is 3.50. The molecule has 5 nitrogen and oxygen atoms in total. The van der Waals surface area contributed by atoms with Crippen molar-refractivity contribution in [2.75, 3.05) is 31.1 Å². The van der Waals surface area contributed by atoms with Crippen LogP contribution in [-0.4, -0.2) is 48.9 Å². The molecule has 2 aliphatic carbocycles. The zero-order valence-electron chi connectivity index (χ0n) is 15.4. The number of para-hydroxylation sites is 1. The van der Waals surface area contributed by atoms with Gasteiger partial charge in [-0.15, -0.1) is 0 Å². The van der Waals surface area contributed by atoms with Crippen molar-refractivity contribution in [2.45, 2.75) is 44.6 Å². The average molecular weight is 355 g/mol. The summed E-state index contributed by atoms with van der Waals surface area (Å²) in [6.07, 6.45) is 6.63. The molecular weight excluding hydrogens is 326 g/mol. The minimum Gasteiger partial charge on any atom is -0.368 e. The lowest BCUT2D eigenvalue weighted by atomic mass is 9.95. The van der Waals surface area contributed by atoms with Gasteiger partial charge in [0.2, 0.25) is 11.8 Å². The van der Waals surface area contributed by atoms with Gasteiger partial charge in [0.05, 0.1) is 11.8 Å². The first-order chi connectivity index (χ1) is 12.7. The van der Waals surface area contributed by atoms with Gasteiger partial charge < -0.3 is 15.1 Å². The lowest BCUT2D eigenvalue weighted by molar-refractivity contribution is -0.135. The molecular formula is C21H29N3O2. The summed E-state index contributed by atoms with van der Waals surface area (Å²) in [6.45, 7) is 3.23. The smallest absolute Gasteiger partial charge is 0.226 e. The molecule has 2 atom stereocenters. The maximum Gasteiger partial charge on any atom is 0.226 e. The van der Waals surface area contributed by atoms with Crippen LogP contribution in [0.4, 0.5) is 5.69 Å². The molecule has 1 saturated heterocycles. The van der Waals surface area contributed by atoms with Crippen LogP contribution >= 0.6 is 0 Å². The molecule has 0 bridgehead atoms. The molecule has 0 spiro atoms. The van der Waals surface area contributed by atoms with E-state index in [1.165, 1.54) is 24.9 Å². The van der Waals surface area contributed by atoms with E-state index < -0.39 is 0 Å². The Morgan fingerprint density at radius 2 is 1.58 bits per heavy atom. The number of piperazine rings is 1. The number of nitrogens with zero attached hydrogens (tertiary/aromatic N) is 2. The van der Waals surface area contributed by atoms with Crippen LogP contribution in [-0.2, 0) is 9.59 Å². The van der Waals surface area contributed by atoms with E-state index in [2.05, 4.69) is 22.3 Å². The van der Waals surface area contributed by atoms with Gasteiger partial charge >= 0.3 is 0 Å². The maximum absolute atomic E-state index is 12.7. The topological polar surface area (TPSA) is 52.7 Å². The van der Waals surface area contributed by atoms with Crippen molar-refractivity contribution in [2.24, 2.45) is 11.8 Å². The van der Waals surface area contributed by atoms with Crippen LogP contribution in [0.2, 0.25) is 0 Å². The second-order valence-corrected chi connectivity index (χ2v) is 7.94. The molecule has 1 heterocycles. The predicted molar refractivity (Wildman–Crippen MR) is 102 cm³/mol. The molecule has 26 heavy (non-hydrogen) atoms. The third-order valence-electron chi connectivity index (χ3n) is 6.11. The summed E-state index contributed by atoms with van der Waals surface area (Å²) in [5.74, 6) is 0.123. The number of amides is 2. The van der Waals surface area contributed by atoms with Gasteiger partial charge in [0.15, 0.2) is 0 Å². The summed E-state index contributed by atoms with van der Waals surface area (Å²) in [5, 5.41) is 3.18. The zero-order chi connectivity index (χ0) is 17.9. The molecule has 3 fully saturated rings. The van der Waals surface area contributed by atoms with Gasteiger partial charge in [0.25, 0.3) is 0 Å². The van der Waals surface area contributed by atoms with Crippen LogP contribution in [0.15, 0.2) is 30.3 Å². The Kier molecular flexibility index (Phi) is 5.14. The number of rotatable bonds is 4. The number of carbonyl (C=O) groups is 2. The molecule has 0 radical (unpaired) electrons. The van der Waals surface area contributed by atoms with Crippen molar-refractivity contribution < 1.29 is 9.59 Å². The third kappa shape index (κ3) is 3.87. The van der Waals surface area contributed by atoms with Crippen molar-refractivity contribution in [3.63, 3.8) is 0 Å². The lowest BCUT2D eigenvalue weighted by Gasteiger charge is -2.36. The van der Waals surface area contributed by atoms with E-state index in [4.69, 9.17) is 0 Å². The van der Waals surface area contributed by atoms with Gasteiger partial charge in [-0.1, -0.05) is 37.5 Å². The Bertz CT molecular complexity index is 634. The number of hydrogen-bond acceptors (Lipinski definition) is 3. The summed E-state index contributed by atoms with van der Waals surface area (Å²) in [4.78, 5) is 29.4. The van der Waals surface area contributed by atoms with Gasteiger partial charge in [-0.25, -0.2) is 0 Å². The highest BCUT2D eigenvalue weighted by Gasteiger charge is 2.50. The fourth-order valence-corrected chi connectivity index (χ4v) is 4.37. The van der Waals surface area contributed by atoms with Gasteiger partial charge in [-0.2, -0.15) is 0 Å². The van der Waals surface area contributed by atoms with Gasteiger partial charge in [0, 0.05) is 37.9 Å². The van der Waals surface area contributed by atoms with Crippen molar-refractivity contribution in [1.82, 2.24) is 10.2 Å².